The molecule has 4 nitrogen and oxygen atoms in total. The summed E-state index contributed by atoms with van der Waals surface area (Å²) < 4.78 is 5.09. The summed E-state index contributed by atoms with van der Waals surface area (Å²) in [6.07, 6.45) is 5.09. The fraction of sp³-hybridized carbons (Fsp3) is 0.294. The highest BCUT2D eigenvalue weighted by Gasteiger charge is 2.07. The van der Waals surface area contributed by atoms with Crippen LogP contribution in [-0.4, -0.2) is 17.7 Å². The number of alkyl carbamates (subject to hydrolysis) is 1. The second-order valence-electron chi connectivity index (χ2n) is 4.74. The number of carbonyl (C=O) groups excluding carboxylic acids is 1. The lowest BCUT2D eigenvalue weighted by Gasteiger charge is -2.11. The molecule has 1 N–H and O–H groups in total. The maximum absolute atomic E-state index is 11.6. The van der Waals surface area contributed by atoms with Crippen LogP contribution >= 0.6 is 0 Å². The van der Waals surface area contributed by atoms with Crippen LogP contribution in [-0.2, 0) is 11.3 Å². The van der Waals surface area contributed by atoms with Crippen LogP contribution in [0.2, 0.25) is 0 Å². The van der Waals surface area contributed by atoms with Gasteiger partial charge in [0.1, 0.15) is 0 Å². The van der Waals surface area contributed by atoms with Crippen LogP contribution in [0.25, 0.3) is 11.1 Å². The monoisotopic (exact) mass is 284 g/mol. The first-order chi connectivity index (χ1) is 10.3. The number of hydrogen-bond donors (Lipinski definition) is 1. The summed E-state index contributed by atoms with van der Waals surface area (Å²) in [5, 5.41) is 2.79. The normalized spacial score (nSPS) is 10.1. The first-order valence-corrected chi connectivity index (χ1v) is 7.20. The van der Waals surface area contributed by atoms with Crippen LogP contribution in [0, 0.1) is 0 Å². The molecular formula is C17H20N2O2. The molecule has 0 aliphatic carbocycles. The van der Waals surface area contributed by atoms with Crippen molar-refractivity contribution in [1.82, 2.24) is 10.3 Å². The number of ether oxygens (including phenoxy) is 1. The molecule has 0 fully saturated rings. The van der Waals surface area contributed by atoms with E-state index in [-0.39, 0.29) is 6.09 Å². The molecule has 0 bridgehead atoms. The third kappa shape index (κ3) is 4.60. The Labute approximate surface area is 125 Å². The zero-order chi connectivity index (χ0) is 14.9. The van der Waals surface area contributed by atoms with Gasteiger partial charge in [-0.05, 0) is 23.6 Å². The molecule has 2 aromatic rings. The standard InChI is InChI=1S/C17H20N2O2/c1-2-3-11-21-17(20)19-13-15-7-4-5-9-16(15)14-8-6-10-18-12-14/h4-10,12H,2-3,11,13H2,1H3,(H,19,20). The first kappa shape index (κ1) is 15.0. The minimum absolute atomic E-state index is 0.371. The van der Waals surface area contributed by atoms with Crippen LogP contribution < -0.4 is 5.32 Å². The summed E-state index contributed by atoms with van der Waals surface area (Å²) in [4.78, 5) is 15.7. The van der Waals surface area contributed by atoms with Gasteiger partial charge in [0.25, 0.3) is 0 Å². The van der Waals surface area contributed by atoms with Gasteiger partial charge in [-0.15, -0.1) is 0 Å². The summed E-state index contributed by atoms with van der Waals surface area (Å²) >= 11 is 0. The van der Waals surface area contributed by atoms with Crippen molar-refractivity contribution in [3.63, 3.8) is 0 Å². The molecule has 1 amide bonds. The zero-order valence-electron chi connectivity index (χ0n) is 12.2. The third-order valence-electron chi connectivity index (χ3n) is 3.14. The summed E-state index contributed by atoms with van der Waals surface area (Å²) in [7, 11) is 0. The van der Waals surface area contributed by atoms with Gasteiger partial charge in [-0.1, -0.05) is 43.7 Å². The molecule has 2 rings (SSSR count). The van der Waals surface area contributed by atoms with E-state index in [0.29, 0.717) is 13.2 Å². The lowest BCUT2D eigenvalue weighted by Crippen LogP contribution is -2.24. The van der Waals surface area contributed by atoms with Crippen LogP contribution in [0.15, 0.2) is 48.8 Å². The van der Waals surface area contributed by atoms with Crippen molar-refractivity contribution in [2.45, 2.75) is 26.3 Å². The predicted molar refractivity (Wildman–Crippen MR) is 82.8 cm³/mol. The van der Waals surface area contributed by atoms with E-state index in [0.717, 1.165) is 29.5 Å². The molecule has 0 unspecified atom stereocenters. The molecule has 1 heterocycles. The van der Waals surface area contributed by atoms with Gasteiger partial charge in [0.15, 0.2) is 0 Å². The zero-order valence-corrected chi connectivity index (χ0v) is 12.2. The number of benzene rings is 1. The minimum atomic E-state index is -0.371. The van der Waals surface area contributed by atoms with E-state index in [1.165, 1.54) is 0 Å². The lowest BCUT2D eigenvalue weighted by atomic mass is 10.0. The maximum atomic E-state index is 11.6. The number of rotatable bonds is 6. The van der Waals surface area contributed by atoms with E-state index in [1.54, 1.807) is 6.20 Å². The largest absolute Gasteiger partial charge is 0.450 e. The number of hydrogen-bond acceptors (Lipinski definition) is 3. The van der Waals surface area contributed by atoms with Crippen LogP contribution in [0.5, 0.6) is 0 Å². The Kier molecular flexibility index (Phi) is 5.76. The minimum Gasteiger partial charge on any atom is -0.450 e. The van der Waals surface area contributed by atoms with Crippen molar-refractivity contribution in [3.8, 4) is 11.1 Å². The molecule has 1 aromatic heterocycles. The molecule has 110 valence electrons. The van der Waals surface area contributed by atoms with E-state index >= 15 is 0 Å². The molecule has 1 aromatic carbocycles. The number of aromatic nitrogens is 1. The summed E-state index contributed by atoms with van der Waals surface area (Å²) in [5.41, 5.74) is 3.15. The highest BCUT2D eigenvalue weighted by atomic mass is 16.5. The molecule has 0 atom stereocenters. The second-order valence-corrected chi connectivity index (χ2v) is 4.74. The number of carbonyl (C=O) groups is 1. The molecule has 0 spiro atoms. The molecule has 0 aliphatic heterocycles. The van der Waals surface area contributed by atoms with Crippen molar-refractivity contribution in [3.05, 3.63) is 54.4 Å². The van der Waals surface area contributed by atoms with Gasteiger partial charge in [0.05, 0.1) is 6.61 Å². The summed E-state index contributed by atoms with van der Waals surface area (Å²) in [6.45, 7) is 2.97. The molecule has 0 radical (unpaired) electrons. The molecular weight excluding hydrogens is 264 g/mol. The van der Waals surface area contributed by atoms with Gasteiger partial charge in [0.2, 0.25) is 0 Å². The number of nitrogens with zero attached hydrogens (tertiary/aromatic N) is 1. The van der Waals surface area contributed by atoms with Gasteiger partial charge in [-0.3, -0.25) is 4.98 Å². The summed E-state index contributed by atoms with van der Waals surface area (Å²) in [6, 6.07) is 11.9. The van der Waals surface area contributed by atoms with Gasteiger partial charge in [-0.2, -0.15) is 0 Å². The summed E-state index contributed by atoms with van der Waals surface area (Å²) in [5.74, 6) is 0. The molecule has 4 heteroatoms. The van der Waals surface area contributed by atoms with Crippen LogP contribution in [0.3, 0.4) is 0 Å². The Morgan fingerprint density at radius 3 is 2.86 bits per heavy atom. The fourth-order valence-corrected chi connectivity index (χ4v) is 2.01. The van der Waals surface area contributed by atoms with Gasteiger partial charge in [0, 0.05) is 24.5 Å². The van der Waals surface area contributed by atoms with Gasteiger partial charge >= 0.3 is 6.09 Å². The lowest BCUT2D eigenvalue weighted by molar-refractivity contribution is 0.144. The van der Waals surface area contributed by atoms with E-state index < -0.39 is 0 Å². The smallest absolute Gasteiger partial charge is 0.407 e. The topological polar surface area (TPSA) is 51.2 Å². The van der Waals surface area contributed by atoms with Crippen molar-refractivity contribution >= 4 is 6.09 Å². The van der Waals surface area contributed by atoms with Gasteiger partial charge < -0.3 is 10.1 Å². The Morgan fingerprint density at radius 2 is 2.10 bits per heavy atom. The van der Waals surface area contributed by atoms with E-state index in [2.05, 4.69) is 17.2 Å². The van der Waals surface area contributed by atoms with E-state index in [9.17, 15) is 4.79 Å². The second kappa shape index (κ2) is 8.04. The van der Waals surface area contributed by atoms with Crippen molar-refractivity contribution < 1.29 is 9.53 Å². The molecule has 0 aliphatic rings. The SMILES string of the molecule is CCCCOC(=O)NCc1ccccc1-c1cccnc1. The molecule has 21 heavy (non-hydrogen) atoms. The van der Waals surface area contributed by atoms with Crippen LogP contribution in [0.4, 0.5) is 4.79 Å². The first-order valence-electron chi connectivity index (χ1n) is 7.20. The maximum Gasteiger partial charge on any atom is 0.407 e. The number of unbranched alkanes of at least 4 members (excludes halogenated alkanes) is 1. The third-order valence-corrected chi connectivity index (χ3v) is 3.14. The van der Waals surface area contributed by atoms with E-state index in [1.807, 2.05) is 42.6 Å². The number of amides is 1. The Bertz CT molecular complexity index is 570. The Hall–Kier alpha value is -2.36. The van der Waals surface area contributed by atoms with Gasteiger partial charge in [-0.25, -0.2) is 4.79 Å². The van der Waals surface area contributed by atoms with Crippen molar-refractivity contribution in [2.24, 2.45) is 0 Å². The van der Waals surface area contributed by atoms with Crippen molar-refractivity contribution in [1.29, 1.82) is 0 Å². The molecule has 0 saturated carbocycles. The Morgan fingerprint density at radius 1 is 1.24 bits per heavy atom. The number of pyridine rings is 1. The quantitative estimate of drug-likeness (QED) is 0.821. The number of nitrogens with one attached hydrogen (secondary N) is 1. The predicted octanol–water partition coefficient (Wildman–Crippen LogP) is 3.77. The fourth-order valence-electron chi connectivity index (χ4n) is 2.01. The van der Waals surface area contributed by atoms with E-state index in [4.69, 9.17) is 4.74 Å². The average molecular weight is 284 g/mol. The highest BCUT2D eigenvalue weighted by Crippen LogP contribution is 2.22. The highest BCUT2D eigenvalue weighted by molar-refractivity contribution is 5.69. The Balaban J connectivity index is 1.99. The average Bonchev–Trinajstić information content (AvgIpc) is 2.54. The molecule has 0 saturated heterocycles. The van der Waals surface area contributed by atoms with Crippen LogP contribution in [0.1, 0.15) is 25.3 Å². The van der Waals surface area contributed by atoms with Crippen molar-refractivity contribution in [2.75, 3.05) is 6.61 Å².